The second-order valence-electron chi connectivity index (χ2n) is 4.63. The molecule has 0 saturated carbocycles. The van der Waals surface area contributed by atoms with Gasteiger partial charge in [0.1, 0.15) is 11.3 Å². The summed E-state index contributed by atoms with van der Waals surface area (Å²) in [5.74, 6) is 1.35. The van der Waals surface area contributed by atoms with Crippen molar-refractivity contribution in [1.29, 1.82) is 0 Å². The Morgan fingerprint density at radius 3 is 2.50 bits per heavy atom. The molecule has 0 aliphatic carbocycles. The number of fused-ring (bicyclic) bond motifs is 1. The molecule has 0 unspecified atom stereocenters. The summed E-state index contributed by atoms with van der Waals surface area (Å²) in [5, 5.41) is 0. The van der Waals surface area contributed by atoms with E-state index in [1.807, 2.05) is 47.9 Å². The summed E-state index contributed by atoms with van der Waals surface area (Å²) in [6.07, 6.45) is 0. The molecule has 2 heterocycles. The molecule has 1 atom stereocenters. The van der Waals surface area contributed by atoms with Crippen LogP contribution in [0.5, 0.6) is 5.88 Å². The van der Waals surface area contributed by atoms with Crippen molar-refractivity contribution in [2.75, 3.05) is 7.11 Å². The molecule has 0 spiro atoms. The van der Waals surface area contributed by atoms with E-state index < -0.39 is 0 Å². The van der Waals surface area contributed by atoms with Crippen molar-refractivity contribution in [2.24, 2.45) is 5.73 Å². The zero-order valence-corrected chi connectivity index (χ0v) is 11.4. The third kappa shape index (κ3) is 2.02. The Morgan fingerprint density at radius 2 is 1.85 bits per heavy atom. The molecule has 5 nitrogen and oxygen atoms in total. The van der Waals surface area contributed by atoms with Gasteiger partial charge in [0.2, 0.25) is 5.88 Å². The van der Waals surface area contributed by atoms with Gasteiger partial charge in [0.05, 0.1) is 13.2 Å². The first-order valence-corrected chi connectivity index (χ1v) is 6.45. The van der Waals surface area contributed by atoms with Crippen LogP contribution < -0.4 is 10.5 Å². The average molecular weight is 268 g/mol. The molecule has 0 radical (unpaired) electrons. The largest absolute Gasteiger partial charge is 0.481 e. The van der Waals surface area contributed by atoms with Crippen LogP contribution in [0, 0.1) is 0 Å². The van der Waals surface area contributed by atoms with Gasteiger partial charge in [-0.1, -0.05) is 18.2 Å². The minimum absolute atomic E-state index is 0.185. The van der Waals surface area contributed by atoms with Crippen molar-refractivity contribution in [2.45, 2.75) is 13.0 Å². The van der Waals surface area contributed by atoms with Crippen molar-refractivity contribution >= 4 is 11.2 Å². The maximum Gasteiger partial charge on any atom is 0.215 e. The molecular formula is C15H16N4O. The molecule has 1 aromatic carbocycles. The van der Waals surface area contributed by atoms with E-state index in [2.05, 4.69) is 9.97 Å². The van der Waals surface area contributed by atoms with Crippen LogP contribution in [0.4, 0.5) is 0 Å². The zero-order valence-electron chi connectivity index (χ0n) is 11.4. The van der Waals surface area contributed by atoms with Crippen LogP contribution in [0.3, 0.4) is 0 Å². The third-order valence-corrected chi connectivity index (χ3v) is 3.14. The molecule has 0 saturated heterocycles. The molecule has 0 fully saturated rings. The molecule has 3 rings (SSSR count). The quantitative estimate of drug-likeness (QED) is 0.792. The number of nitrogens with two attached hydrogens (primary N) is 1. The van der Waals surface area contributed by atoms with Gasteiger partial charge in [-0.2, -0.15) is 4.98 Å². The number of ether oxygens (including phenoxy) is 1. The number of rotatable bonds is 3. The molecular weight excluding hydrogens is 252 g/mol. The van der Waals surface area contributed by atoms with E-state index in [9.17, 15) is 0 Å². The van der Waals surface area contributed by atoms with Gasteiger partial charge in [-0.25, -0.2) is 4.98 Å². The Labute approximate surface area is 117 Å². The van der Waals surface area contributed by atoms with Crippen LogP contribution in [0.15, 0.2) is 42.5 Å². The lowest BCUT2D eigenvalue weighted by atomic mass is 10.3. The average Bonchev–Trinajstić information content (AvgIpc) is 2.86. The van der Waals surface area contributed by atoms with Gasteiger partial charge in [-0.05, 0) is 25.1 Å². The van der Waals surface area contributed by atoms with Gasteiger partial charge in [0, 0.05) is 11.8 Å². The number of benzene rings is 1. The zero-order chi connectivity index (χ0) is 14.1. The topological polar surface area (TPSA) is 66.0 Å². The number of hydrogen-bond donors (Lipinski definition) is 1. The van der Waals surface area contributed by atoms with Gasteiger partial charge >= 0.3 is 0 Å². The smallest absolute Gasteiger partial charge is 0.215 e. The maximum absolute atomic E-state index is 6.04. The molecule has 2 N–H and O–H groups in total. The van der Waals surface area contributed by atoms with Gasteiger partial charge in [-0.3, -0.25) is 4.57 Å². The van der Waals surface area contributed by atoms with Crippen molar-refractivity contribution in [3.63, 3.8) is 0 Å². The molecule has 0 aliphatic rings. The van der Waals surface area contributed by atoms with Crippen molar-refractivity contribution in [1.82, 2.24) is 14.5 Å². The Kier molecular flexibility index (Phi) is 3.12. The molecule has 20 heavy (non-hydrogen) atoms. The van der Waals surface area contributed by atoms with E-state index in [0.717, 1.165) is 22.7 Å². The van der Waals surface area contributed by atoms with E-state index in [0.29, 0.717) is 5.88 Å². The lowest BCUT2D eigenvalue weighted by Crippen LogP contribution is -2.12. The summed E-state index contributed by atoms with van der Waals surface area (Å²) in [6.45, 7) is 1.91. The standard InChI is InChI=1S/C15H16N4O/c1-10(16)14-17-12-8-9-13(20-2)18-15(12)19(14)11-6-4-3-5-7-11/h3-10H,16H2,1-2H3/t10-/m0/s1. The second-order valence-corrected chi connectivity index (χ2v) is 4.63. The fourth-order valence-electron chi connectivity index (χ4n) is 2.21. The number of pyridine rings is 1. The normalized spacial score (nSPS) is 12.6. The first-order valence-electron chi connectivity index (χ1n) is 6.45. The Balaban J connectivity index is 2.33. The molecule has 102 valence electrons. The van der Waals surface area contributed by atoms with Crippen molar-refractivity contribution in [3.05, 3.63) is 48.3 Å². The summed E-state index contributed by atoms with van der Waals surface area (Å²) < 4.78 is 7.17. The first kappa shape index (κ1) is 12.6. The molecule has 2 aromatic heterocycles. The van der Waals surface area contributed by atoms with Crippen LogP contribution in [-0.2, 0) is 0 Å². The molecule has 0 aliphatic heterocycles. The van der Waals surface area contributed by atoms with Crippen LogP contribution in [0.2, 0.25) is 0 Å². The van der Waals surface area contributed by atoms with Crippen LogP contribution in [-0.4, -0.2) is 21.6 Å². The summed E-state index contributed by atoms with van der Waals surface area (Å²) in [5.41, 5.74) is 8.59. The summed E-state index contributed by atoms with van der Waals surface area (Å²) in [6, 6.07) is 13.5. The lowest BCUT2D eigenvalue weighted by molar-refractivity contribution is 0.399. The van der Waals surface area contributed by atoms with E-state index in [1.165, 1.54) is 0 Å². The predicted molar refractivity (Wildman–Crippen MR) is 78.0 cm³/mol. The molecule has 3 aromatic rings. The minimum atomic E-state index is -0.185. The summed E-state index contributed by atoms with van der Waals surface area (Å²) in [7, 11) is 1.60. The first-order chi connectivity index (χ1) is 9.70. The number of aromatic nitrogens is 3. The maximum atomic E-state index is 6.04. The van der Waals surface area contributed by atoms with E-state index in [-0.39, 0.29) is 6.04 Å². The summed E-state index contributed by atoms with van der Waals surface area (Å²) in [4.78, 5) is 9.08. The van der Waals surface area contributed by atoms with E-state index in [4.69, 9.17) is 10.5 Å². The molecule has 5 heteroatoms. The van der Waals surface area contributed by atoms with Crippen molar-refractivity contribution in [3.8, 4) is 11.6 Å². The highest BCUT2D eigenvalue weighted by Gasteiger charge is 2.16. The van der Waals surface area contributed by atoms with Gasteiger partial charge < -0.3 is 10.5 Å². The minimum Gasteiger partial charge on any atom is -0.481 e. The number of nitrogens with zero attached hydrogens (tertiary/aromatic N) is 3. The molecule has 0 amide bonds. The van der Waals surface area contributed by atoms with Gasteiger partial charge in [0.15, 0.2) is 5.65 Å². The highest BCUT2D eigenvalue weighted by molar-refractivity contribution is 5.75. The lowest BCUT2D eigenvalue weighted by Gasteiger charge is -2.10. The monoisotopic (exact) mass is 268 g/mol. The Morgan fingerprint density at radius 1 is 1.10 bits per heavy atom. The molecule has 0 bridgehead atoms. The van der Waals surface area contributed by atoms with Gasteiger partial charge in [-0.15, -0.1) is 0 Å². The number of hydrogen-bond acceptors (Lipinski definition) is 4. The van der Waals surface area contributed by atoms with E-state index in [1.54, 1.807) is 13.2 Å². The highest BCUT2D eigenvalue weighted by Crippen LogP contribution is 2.24. The number of methoxy groups -OCH3 is 1. The highest BCUT2D eigenvalue weighted by atomic mass is 16.5. The van der Waals surface area contributed by atoms with Gasteiger partial charge in [0.25, 0.3) is 0 Å². The van der Waals surface area contributed by atoms with Crippen LogP contribution in [0.25, 0.3) is 16.9 Å². The fourth-order valence-corrected chi connectivity index (χ4v) is 2.21. The second kappa shape index (κ2) is 4.94. The van der Waals surface area contributed by atoms with Crippen LogP contribution in [0.1, 0.15) is 18.8 Å². The van der Waals surface area contributed by atoms with Crippen molar-refractivity contribution < 1.29 is 4.74 Å². The Bertz CT molecular complexity index is 734. The third-order valence-electron chi connectivity index (χ3n) is 3.14. The number of imidazole rings is 1. The van der Waals surface area contributed by atoms with Crippen LogP contribution >= 0.6 is 0 Å². The summed E-state index contributed by atoms with van der Waals surface area (Å²) >= 11 is 0. The van der Waals surface area contributed by atoms with E-state index >= 15 is 0 Å². The SMILES string of the molecule is COc1ccc2nc([C@H](C)N)n(-c3ccccc3)c2n1. The predicted octanol–water partition coefficient (Wildman–Crippen LogP) is 2.45. The number of para-hydroxylation sites is 1. The Hall–Kier alpha value is -2.40. The fraction of sp³-hybridized carbons (Fsp3) is 0.200.